The Bertz CT molecular complexity index is 2500. The molecule has 6 nitrogen and oxygen atoms in total. The van der Waals surface area contributed by atoms with Gasteiger partial charge in [-0.15, -0.1) is 0 Å². The number of hydrogen-bond donors (Lipinski definition) is 0. The number of aromatic nitrogens is 4. The van der Waals surface area contributed by atoms with E-state index in [1.165, 1.54) is 0 Å². The molecule has 0 saturated heterocycles. The Morgan fingerprint density at radius 1 is 0.370 bits per heavy atom. The fourth-order valence-corrected chi connectivity index (χ4v) is 5.93. The monoisotopic (exact) mass is 592 g/mol. The molecule has 0 aliphatic heterocycles. The van der Waals surface area contributed by atoms with Crippen LogP contribution >= 0.6 is 0 Å². The van der Waals surface area contributed by atoms with Crippen molar-refractivity contribution in [3.8, 4) is 56.7 Å². The third-order valence-electron chi connectivity index (χ3n) is 8.20. The van der Waals surface area contributed by atoms with Gasteiger partial charge in [-0.05, 0) is 41.5 Å². The van der Waals surface area contributed by atoms with Gasteiger partial charge in [0.15, 0.2) is 23.1 Å². The highest BCUT2D eigenvalue weighted by Gasteiger charge is 2.21. The molecule has 216 valence electrons. The topological polar surface area (TPSA) is 77.8 Å². The van der Waals surface area contributed by atoms with Gasteiger partial charge in [-0.25, -0.2) is 19.9 Å². The van der Waals surface area contributed by atoms with Gasteiger partial charge in [-0.1, -0.05) is 115 Å². The van der Waals surface area contributed by atoms with Crippen LogP contribution < -0.4 is 0 Å². The van der Waals surface area contributed by atoms with Crippen molar-refractivity contribution >= 4 is 33.0 Å². The number of fused-ring (bicyclic) bond motifs is 5. The van der Waals surface area contributed by atoms with Gasteiger partial charge in [0, 0.05) is 22.1 Å². The summed E-state index contributed by atoms with van der Waals surface area (Å²) in [6.07, 6.45) is 0. The summed E-state index contributed by atoms with van der Waals surface area (Å²) in [5.74, 6) is 2.27. The number of oxazole rings is 1. The molecule has 0 unspecified atom stereocenters. The predicted octanol–water partition coefficient (Wildman–Crippen LogP) is 10.2. The first-order valence-electron chi connectivity index (χ1n) is 15.1. The van der Waals surface area contributed by atoms with Crippen LogP contribution in [0.3, 0.4) is 0 Å². The van der Waals surface area contributed by atoms with E-state index in [1.807, 2.05) is 109 Å². The van der Waals surface area contributed by atoms with Gasteiger partial charge < -0.3 is 8.83 Å². The number of furan rings is 1. The standard InChI is InChI=1S/C40H24N4O2/c1-4-11-25(12-5-1)26-19-21-28(22-20-26)38-42-37(27-13-6-2-7-14-27)43-39(44-38)31-18-10-17-30-34-33(45-35(30)31)24-23-32-36(34)46-40(41-32)29-15-8-3-9-16-29/h1-24H. The number of rotatable bonds is 5. The van der Waals surface area contributed by atoms with Crippen LogP contribution in [0.1, 0.15) is 0 Å². The van der Waals surface area contributed by atoms with Gasteiger partial charge in [0.2, 0.25) is 5.89 Å². The molecule has 3 aromatic heterocycles. The summed E-state index contributed by atoms with van der Waals surface area (Å²) in [5.41, 5.74) is 8.62. The van der Waals surface area contributed by atoms with Gasteiger partial charge in [-0.3, -0.25) is 0 Å². The van der Waals surface area contributed by atoms with Crippen molar-refractivity contribution in [2.75, 3.05) is 0 Å². The summed E-state index contributed by atoms with van der Waals surface area (Å²) in [5, 5.41) is 1.78. The molecular weight excluding hydrogens is 568 g/mol. The van der Waals surface area contributed by atoms with Crippen molar-refractivity contribution in [3.63, 3.8) is 0 Å². The molecule has 6 heteroatoms. The quantitative estimate of drug-likeness (QED) is 0.198. The lowest BCUT2D eigenvalue weighted by Gasteiger charge is -2.09. The van der Waals surface area contributed by atoms with Crippen molar-refractivity contribution in [1.82, 2.24) is 19.9 Å². The van der Waals surface area contributed by atoms with Crippen LogP contribution in [0.4, 0.5) is 0 Å². The van der Waals surface area contributed by atoms with E-state index in [0.29, 0.717) is 40.1 Å². The molecule has 3 heterocycles. The maximum atomic E-state index is 6.53. The lowest BCUT2D eigenvalue weighted by Crippen LogP contribution is -2.00. The Kier molecular flexibility index (Phi) is 6.03. The van der Waals surface area contributed by atoms with Gasteiger partial charge in [0.25, 0.3) is 0 Å². The second kappa shape index (κ2) is 10.6. The smallest absolute Gasteiger partial charge is 0.227 e. The van der Waals surface area contributed by atoms with E-state index < -0.39 is 0 Å². The average Bonchev–Trinajstić information content (AvgIpc) is 3.74. The van der Waals surface area contributed by atoms with E-state index in [1.54, 1.807) is 0 Å². The molecule has 0 aliphatic carbocycles. The Balaban J connectivity index is 1.22. The van der Waals surface area contributed by atoms with E-state index in [9.17, 15) is 0 Å². The zero-order valence-electron chi connectivity index (χ0n) is 24.5. The second-order valence-electron chi connectivity index (χ2n) is 11.1. The first-order valence-corrected chi connectivity index (χ1v) is 15.1. The summed E-state index contributed by atoms with van der Waals surface area (Å²) in [4.78, 5) is 19.7. The molecule has 0 atom stereocenters. The molecule has 9 aromatic rings. The van der Waals surface area contributed by atoms with Crippen LogP contribution in [-0.2, 0) is 0 Å². The van der Waals surface area contributed by atoms with Gasteiger partial charge in [0.1, 0.15) is 16.7 Å². The lowest BCUT2D eigenvalue weighted by atomic mass is 10.0. The van der Waals surface area contributed by atoms with Crippen LogP contribution in [0.2, 0.25) is 0 Å². The van der Waals surface area contributed by atoms with E-state index in [4.69, 9.17) is 28.8 Å². The number of benzene rings is 6. The van der Waals surface area contributed by atoms with Crippen molar-refractivity contribution in [2.45, 2.75) is 0 Å². The molecule has 0 N–H and O–H groups in total. The van der Waals surface area contributed by atoms with E-state index >= 15 is 0 Å². The maximum Gasteiger partial charge on any atom is 0.227 e. The van der Waals surface area contributed by atoms with Crippen molar-refractivity contribution in [2.24, 2.45) is 0 Å². The third-order valence-corrected chi connectivity index (χ3v) is 8.20. The highest BCUT2D eigenvalue weighted by molar-refractivity contribution is 6.18. The van der Waals surface area contributed by atoms with Crippen LogP contribution in [0.25, 0.3) is 89.8 Å². The number of para-hydroxylation sites is 1. The molecule has 0 spiro atoms. The lowest BCUT2D eigenvalue weighted by molar-refractivity contribution is 0.622. The molecular formula is C40H24N4O2. The van der Waals surface area contributed by atoms with E-state index in [0.717, 1.165) is 49.7 Å². The zero-order chi connectivity index (χ0) is 30.5. The van der Waals surface area contributed by atoms with Crippen LogP contribution in [0.5, 0.6) is 0 Å². The molecule has 0 amide bonds. The SMILES string of the molecule is c1ccc(-c2ccc(-c3nc(-c4ccccc4)nc(-c4cccc5c4oc4ccc6nc(-c7ccccc7)oc6c45)n3)cc2)cc1. The molecule has 0 fully saturated rings. The Hall–Kier alpha value is -6.40. The fourth-order valence-electron chi connectivity index (χ4n) is 5.93. The Morgan fingerprint density at radius 3 is 1.63 bits per heavy atom. The van der Waals surface area contributed by atoms with Crippen molar-refractivity contribution in [3.05, 3.63) is 146 Å². The van der Waals surface area contributed by atoms with Crippen molar-refractivity contribution in [1.29, 1.82) is 0 Å². The third kappa shape index (κ3) is 4.43. The second-order valence-corrected chi connectivity index (χ2v) is 11.1. The first kappa shape index (κ1) is 26.0. The molecule has 0 bridgehead atoms. The van der Waals surface area contributed by atoms with Crippen LogP contribution in [0.15, 0.2) is 154 Å². The Labute approximate surface area is 263 Å². The molecule has 0 aliphatic rings. The van der Waals surface area contributed by atoms with Gasteiger partial charge in [-0.2, -0.15) is 0 Å². The highest BCUT2D eigenvalue weighted by atomic mass is 16.4. The molecule has 0 radical (unpaired) electrons. The van der Waals surface area contributed by atoms with Gasteiger partial charge >= 0.3 is 0 Å². The number of hydrogen-bond acceptors (Lipinski definition) is 6. The zero-order valence-corrected chi connectivity index (χ0v) is 24.5. The minimum atomic E-state index is 0.527. The summed E-state index contributed by atoms with van der Waals surface area (Å²) in [6.45, 7) is 0. The Morgan fingerprint density at radius 2 is 0.935 bits per heavy atom. The summed E-state index contributed by atoms with van der Waals surface area (Å²) < 4.78 is 12.9. The van der Waals surface area contributed by atoms with Crippen LogP contribution in [-0.4, -0.2) is 19.9 Å². The minimum Gasteiger partial charge on any atom is -0.455 e. The summed E-state index contributed by atoms with van der Waals surface area (Å²) in [6, 6.07) is 48.4. The normalized spacial score (nSPS) is 11.5. The van der Waals surface area contributed by atoms with Gasteiger partial charge in [0.05, 0.1) is 10.9 Å². The van der Waals surface area contributed by atoms with Crippen molar-refractivity contribution < 1.29 is 8.83 Å². The molecule has 9 rings (SSSR count). The predicted molar refractivity (Wildman–Crippen MR) is 182 cm³/mol. The van der Waals surface area contributed by atoms with E-state index in [2.05, 4.69) is 36.4 Å². The minimum absolute atomic E-state index is 0.527. The number of nitrogens with zero attached hydrogens (tertiary/aromatic N) is 4. The summed E-state index contributed by atoms with van der Waals surface area (Å²) >= 11 is 0. The summed E-state index contributed by atoms with van der Waals surface area (Å²) in [7, 11) is 0. The molecule has 46 heavy (non-hydrogen) atoms. The van der Waals surface area contributed by atoms with E-state index in [-0.39, 0.29) is 0 Å². The molecule has 6 aromatic carbocycles. The fraction of sp³-hybridized carbons (Fsp3) is 0. The van der Waals surface area contributed by atoms with Crippen LogP contribution in [0, 0.1) is 0 Å². The highest BCUT2D eigenvalue weighted by Crippen LogP contribution is 2.40. The largest absolute Gasteiger partial charge is 0.455 e. The molecule has 0 saturated carbocycles. The maximum absolute atomic E-state index is 6.53. The first-order chi connectivity index (χ1) is 22.8. The average molecular weight is 593 g/mol.